The molecule has 0 atom stereocenters. The molecule has 0 aromatic heterocycles. The minimum Gasteiger partial charge on any atom is -0.493 e. The number of nitrogens with zero attached hydrogens (tertiary/aromatic N) is 1. The van der Waals surface area contributed by atoms with Gasteiger partial charge in [-0.25, -0.2) is 4.79 Å². The smallest absolute Gasteiger partial charge is 0.409 e. The van der Waals surface area contributed by atoms with Crippen LogP contribution >= 0.6 is 0 Å². The maximum Gasteiger partial charge on any atom is 0.409 e. The lowest BCUT2D eigenvalue weighted by molar-refractivity contribution is 0.0983. The van der Waals surface area contributed by atoms with Crippen molar-refractivity contribution in [2.45, 2.75) is 32.2 Å². The molecule has 0 saturated carbocycles. The quantitative estimate of drug-likeness (QED) is 0.930. The lowest BCUT2D eigenvalue weighted by atomic mass is 10.0. The van der Waals surface area contributed by atoms with E-state index in [1.165, 1.54) is 5.56 Å². The van der Waals surface area contributed by atoms with Crippen LogP contribution in [-0.2, 0) is 11.2 Å². The van der Waals surface area contributed by atoms with Gasteiger partial charge in [-0.2, -0.15) is 0 Å². The van der Waals surface area contributed by atoms with E-state index in [2.05, 4.69) is 17.4 Å². The van der Waals surface area contributed by atoms with Crippen molar-refractivity contribution in [2.24, 2.45) is 0 Å². The minimum atomic E-state index is -0.189. The molecule has 3 rings (SSSR count). The second kappa shape index (κ2) is 6.24. The first-order valence-corrected chi connectivity index (χ1v) is 7.70. The number of fused-ring (bicyclic) bond motifs is 1. The van der Waals surface area contributed by atoms with E-state index >= 15 is 0 Å². The normalized spacial score (nSPS) is 18.0. The highest BCUT2D eigenvalue weighted by atomic mass is 16.6. The average molecular weight is 290 g/mol. The van der Waals surface area contributed by atoms with Crippen molar-refractivity contribution in [1.82, 2.24) is 4.90 Å². The Balaban J connectivity index is 1.52. The summed E-state index contributed by atoms with van der Waals surface area (Å²) in [6, 6.07) is 6.71. The summed E-state index contributed by atoms with van der Waals surface area (Å²) in [5, 5.41) is 3.57. The molecule has 1 fully saturated rings. The van der Waals surface area contributed by atoms with Crippen LogP contribution in [-0.4, -0.2) is 43.3 Å². The SMILES string of the molecule is CCOC(=O)N1CCC(Nc2ccc3c(c2)CCO3)CC1. The maximum absolute atomic E-state index is 11.7. The second-order valence-corrected chi connectivity index (χ2v) is 5.53. The number of amides is 1. The van der Waals surface area contributed by atoms with E-state index in [0.29, 0.717) is 12.6 Å². The zero-order valence-corrected chi connectivity index (χ0v) is 12.4. The third-order valence-corrected chi connectivity index (χ3v) is 4.08. The number of ether oxygens (including phenoxy) is 2. The Bertz CT molecular complexity index is 510. The van der Waals surface area contributed by atoms with Gasteiger partial charge in [0.05, 0.1) is 13.2 Å². The number of hydrogen-bond donors (Lipinski definition) is 1. The van der Waals surface area contributed by atoms with Gasteiger partial charge in [-0.3, -0.25) is 0 Å². The molecule has 21 heavy (non-hydrogen) atoms. The monoisotopic (exact) mass is 290 g/mol. The molecular weight excluding hydrogens is 268 g/mol. The number of piperidine rings is 1. The highest BCUT2D eigenvalue weighted by Gasteiger charge is 2.23. The van der Waals surface area contributed by atoms with Gasteiger partial charge in [0, 0.05) is 31.2 Å². The Morgan fingerprint density at radius 1 is 1.43 bits per heavy atom. The number of likely N-dealkylation sites (tertiary alicyclic amines) is 1. The Hall–Kier alpha value is -1.91. The van der Waals surface area contributed by atoms with Crippen molar-refractivity contribution in [3.63, 3.8) is 0 Å². The zero-order chi connectivity index (χ0) is 14.7. The first-order valence-electron chi connectivity index (χ1n) is 7.70. The fourth-order valence-corrected chi connectivity index (χ4v) is 2.93. The summed E-state index contributed by atoms with van der Waals surface area (Å²) >= 11 is 0. The average Bonchev–Trinajstić information content (AvgIpc) is 2.96. The predicted octanol–water partition coefficient (Wildman–Crippen LogP) is 2.65. The standard InChI is InChI=1S/C16H22N2O3/c1-2-20-16(19)18-8-5-13(6-9-18)17-14-3-4-15-12(11-14)7-10-21-15/h3-4,11,13,17H,2,5-10H2,1H3. The second-order valence-electron chi connectivity index (χ2n) is 5.53. The molecule has 0 aliphatic carbocycles. The van der Waals surface area contributed by atoms with Crippen LogP contribution in [0.1, 0.15) is 25.3 Å². The Kier molecular flexibility index (Phi) is 4.18. The Labute approximate surface area is 125 Å². The van der Waals surface area contributed by atoms with Crippen molar-refractivity contribution in [1.29, 1.82) is 0 Å². The van der Waals surface area contributed by atoms with E-state index < -0.39 is 0 Å². The summed E-state index contributed by atoms with van der Waals surface area (Å²) < 4.78 is 10.6. The summed E-state index contributed by atoms with van der Waals surface area (Å²) in [4.78, 5) is 13.5. The third kappa shape index (κ3) is 3.23. The van der Waals surface area contributed by atoms with Crippen LogP contribution in [0, 0.1) is 0 Å². The number of carbonyl (C=O) groups excluding carboxylic acids is 1. The molecule has 1 aromatic carbocycles. The first kappa shape index (κ1) is 14.0. The van der Waals surface area contributed by atoms with Gasteiger partial charge in [0.2, 0.25) is 0 Å². The number of benzene rings is 1. The summed E-state index contributed by atoms with van der Waals surface area (Å²) in [5.74, 6) is 1.01. The molecule has 5 nitrogen and oxygen atoms in total. The van der Waals surface area contributed by atoms with Crippen LogP contribution in [0.5, 0.6) is 5.75 Å². The van der Waals surface area contributed by atoms with Gasteiger partial charge in [-0.1, -0.05) is 0 Å². The molecule has 0 radical (unpaired) electrons. The molecule has 1 saturated heterocycles. The molecular formula is C16H22N2O3. The number of anilines is 1. The number of nitrogens with one attached hydrogen (secondary N) is 1. The van der Waals surface area contributed by atoms with Gasteiger partial charge >= 0.3 is 6.09 Å². The number of carbonyl (C=O) groups is 1. The van der Waals surface area contributed by atoms with Crippen molar-refractivity contribution >= 4 is 11.8 Å². The van der Waals surface area contributed by atoms with Gasteiger partial charge in [-0.05, 0) is 43.5 Å². The van der Waals surface area contributed by atoms with Crippen LogP contribution in [0.4, 0.5) is 10.5 Å². The van der Waals surface area contributed by atoms with E-state index in [0.717, 1.165) is 50.4 Å². The third-order valence-electron chi connectivity index (χ3n) is 4.08. The van der Waals surface area contributed by atoms with E-state index in [-0.39, 0.29) is 6.09 Å². The van der Waals surface area contributed by atoms with Crippen LogP contribution < -0.4 is 10.1 Å². The molecule has 1 amide bonds. The molecule has 0 unspecified atom stereocenters. The van der Waals surface area contributed by atoms with Gasteiger partial charge in [0.25, 0.3) is 0 Å². The molecule has 1 aromatic rings. The molecule has 2 aliphatic heterocycles. The zero-order valence-electron chi connectivity index (χ0n) is 12.4. The predicted molar refractivity (Wildman–Crippen MR) is 80.9 cm³/mol. The van der Waals surface area contributed by atoms with Crippen molar-refractivity contribution in [3.8, 4) is 5.75 Å². The molecule has 0 bridgehead atoms. The van der Waals surface area contributed by atoms with Crippen molar-refractivity contribution < 1.29 is 14.3 Å². The summed E-state index contributed by atoms with van der Waals surface area (Å²) in [5.41, 5.74) is 2.43. The van der Waals surface area contributed by atoms with E-state index in [1.54, 1.807) is 4.90 Å². The van der Waals surface area contributed by atoms with Crippen LogP contribution in [0.3, 0.4) is 0 Å². The van der Waals surface area contributed by atoms with E-state index in [1.807, 2.05) is 13.0 Å². The Morgan fingerprint density at radius 3 is 3.00 bits per heavy atom. The molecule has 114 valence electrons. The van der Waals surface area contributed by atoms with Gasteiger partial charge < -0.3 is 19.7 Å². The van der Waals surface area contributed by atoms with Gasteiger partial charge in [0.1, 0.15) is 5.75 Å². The highest BCUT2D eigenvalue weighted by Crippen LogP contribution is 2.28. The molecule has 0 spiro atoms. The van der Waals surface area contributed by atoms with Crippen molar-refractivity contribution in [3.05, 3.63) is 23.8 Å². The number of hydrogen-bond acceptors (Lipinski definition) is 4. The van der Waals surface area contributed by atoms with Crippen LogP contribution in [0.25, 0.3) is 0 Å². The fourth-order valence-electron chi connectivity index (χ4n) is 2.93. The topological polar surface area (TPSA) is 50.8 Å². The van der Waals surface area contributed by atoms with Gasteiger partial charge in [-0.15, -0.1) is 0 Å². The summed E-state index contributed by atoms with van der Waals surface area (Å²) in [7, 11) is 0. The van der Waals surface area contributed by atoms with E-state index in [4.69, 9.17) is 9.47 Å². The molecule has 2 aliphatic rings. The largest absolute Gasteiger partial charge is 0.493 e. The van der Waals surface area contributed by atoms with Crippen molar-refractivity contribution in [2.75, 3.05) is 31.6 Å². The fraction of sp³-hybridized carbons (Fsp3) is 0.562. The molecule has 5 heteroatoms. The lowest BCUT2D eigenvalue weighted by Gasteiger charge is -2.32. The molecule has 1 N–H and O–H groups in total. The Morgan fingerprint density at radius 2 is 2.24 bits per heavy atom. The summed E-state index contributed by atoms with van der Waals surface area (Å²) in [6.45, 7) is 4.57. The minimum absolute atomic E-state index is 0.189. The van der Waals surface area contributed by atoms with E-state index in [9.17, 15) is 4.79 Å². The maximum atomic E-state index is 11.7. The van der Waals surface area contributed by atoms with Gasteiger partial charge in [0.15, 0.2) is 0 Å². The highest BCUT2D eigenvalue weighted by molar-refractivity contribution is 5.67. The lowest BCUT2D eigenvalue weighted by Crippen LogP contribution is -2.42. The number of rotatable bonds is 3. The molecule has 2 heterocycles. The van der Waals surface area contributed by atoms with Crippen LogP contribution in [0.2, 0.25) is 0 Å². The first-order chi connectivity index (χ1) is 10.3. The van der Waals surface area contributed by atoms with Crippen LogP contribution in [0.15, 0.2) is 18.2 Å². The summed E-state index contributed by atoms with van der Waals surface area (Å²) in [6.07, 6.45) is 2.70.